The fraction of sp³-hybridized carbons (Fsp3) is 0.250. The van der Waals surface area contributed by atoms with Gasteiger partial charge in [-0.3, -0.25) is 9.59 Å². The fourth-order valence-electron chi connectivity index (χ4n) is 1.22. The fourth-order valence-corrected chi connectivity index (χ4v) is 1.22. The summed E-state index contributed by atoms with van der Waals surface area (Å²) in [6, 6.07) is 11.0. The lowest BCUT2D eigenvalue weighted by atomic mass is 10.1. The second-order valence-corrected chi connectivity index (χ2v) is 3.38. The van der Waals surface area contributed by atoms with Crippen molar-refractivity contribution in [3.8, 4) is 6.07 Å². The Labute approximate surface area is 93.9 Å². The molecule has 0 fully saturated rings. The molecule has 0 radical (unpaired) electrons. The largest absolute Gasteiger partial charge is 0.350 e. The number of amides is 1. The average molecular weight is 216 g/mol. The SMILES string of the molecule is CC(=O)C(C#N)C(=O)NCc1ccccc1. The van der Waals surface area contributed by atoms with E-state index in [0.717, 1.165) is 5.56 Å². The van der Waals surface area contributed by atoms with E-state index in [2.05, 4.69) is 5.32 Å². The summed E-state index contributed by atoms with van der Waals surface area (Å²) < 4.78 is 0. The van der Waals surface area contributed by atoms with Crippen molar-refractivity contribution in [2.24, 2.45) is 5.92 Å². The van der Waals surface area contributed by atoms with Crippen LogP contribution in [-0.4, -0.2) is 11.7 Å². The number of nitrogens with zero attached hydrogens (tertiary/aromatic N) is 1. The number of benzene rings is 1. The molecule has 16 heavy (non-hydrogen) atoms. The summed E-state index contributed by atoms with van der Waals surface area (Å²) >= 11 is 0. The van der Waals surface area contributed by atoms with Crippen molar-refractivity contribution in [1.82, 2.24) is 5.32 Å². The number of Topliss-reactive ketones (excluding diaryl/α,β-unsaturated/α-hetero) is 1. The van der Waals surface area contributed by atoms with Crippen molar-refractivity contribution >= 4 is 11.7 Å². The molecular weight excluding hydrogens is 204 g/mol. The first-order valence-corrected chi connectivity index (χ1v) is 4.87. The zero-order valence-corrected chi connectivity index (χ0v) is 8.93. The average Bonchev–Trinajstić information content (AvgIpc) is 2.28. The van der Waals surface area contributed by atoms with E-state index in [-0.39, 0.29) is 0 Å². The molecule has 0 aromatic heterocycles. The molecule has 4 nitrogen and oxygen atoms in total. The molecule has 0 aliphatic rings. The van der Waals surface area contributed by atoms with Gasteiger partial charge >= 0.3 is 0 Å². The second-order valence-electron chi connectivity index (χ2n) is 3.38. The van der Waals surface area contributed by atoms with Crippen molar-refractivity contribution in [1.29, 1.82) is 5.26 Å². The van der Waals surface area contributed by atoms with Crippen LogP contribution < -0.4 is 5.32 Å². The smallest absolute Gasteiger partial charge is 0.245 e. The van der Waals surface area contributed by atoms with Gasteiger partial charge in [0.15, 0.2) is 11.7 Å². The van der Waals surface area contributed by atoms with E-state index in [1.807, 2.05) is 30.3 Å². The first kappa shape index (κ1) is 11.9. The number of hydrogen-bond donors (Lipinski definition) is 1. The highest BCUT2D eigenvalue weighted by atomic mass is 16.2. The normalized spacial score (nSPS) is 11.2. The lowest BCUT2D eigenvalue weighted by molar-refractivity contribution is -0.130. The molecule has 0 aliphatic carbocycles. The van der Waals surface area contributed by atoms with E-state index in [1.54, 1.807) is 6.07 Å². The van der Waals surface area contributed by atoms with E-state index in [0.29, 0.717) is 6.54 Å². The minimum Gasteiger partial charge on any atom is -0.350 e. The Bertz CT molecular complexity index is 420. The van der Waals surface area contributed by atoms with Crippen LogP contribution in [0.4, 0.5) is 0 Å². The first-order chi connectivity index (χ1) is 7.65. The molecule has 4 heteroatoms. The molecule has 0 heterocycles. The Kier molecular flexibility index (Phi) is 4.22. The number of carbonyl (C=O) groups excluding carboxylic acids is 2. The Morgan fingerprint density at radius 1 is 1.38 bits per heavy atom. The minimum atomic E-state index is -1.20. The van der Waals surface area contributed by atoms with Gasteiger partial charge in [-0.15, -0.1) is 0 Å². The maximum absolute atomic E-state index is 11.4. The van der Waals surface area contributed by atoms with Gasteiger partial charge in [0.2, 0.25) is 5.91 Å². The second kappa shape index (κ2) is 5.66. The maximum atomic E-state index is 11.4. The predicted molar refractivity (Wildman–Crippen MR) is 58.1 cm³/mol. The van der Waals surface area contributed by atoms with Crippen LogP contribution in [0.15, 0.2) is 30.3 Å². The standard InChI is InChI=1S/C12H12N2O2/c1-9(15)11(7-13)12(16)14-8-10-5-3-2-4-6-10/h2-6,11H,8H2,1H3,(H,14,16). The number of nitrogens with one attached hydrogen (secondary N) is 1. The number of nitriles is 1. The monoisotopic (exact) mass is 216 g/mol. The summed E-state index contributed by atoms with van der Waals surface area (Å²) in [4.78, 5) is 22.4. The molecular formula is C12H12N2O2. The Morgan fingerprint density at radius 2 is 2.00 bits per heavy atom. The van der Waals surface area contributed by atoms with E-state index in [4.69, 9.17) is 5.26 Å². The third-order valence-corrected chi connectivity index (χ3v) is 2.11. The van der Waals surface area contributed by atoms with Crippen LogP contribution in [0.1, 0.15) is 12.5 Å². The molecule has 0 aliphatic heterocycles. The highest BCUT2D eigenvalue weighted by Gasteiger charge is 2.21. The Morgan fingerprint density at radius 3 is 2.50 bits per heavy atom. The van der Waals surface area contributed by atoms with Crippen molar-refractivity contribution in [3.63, 3.8) is 0 Å². The number of carbonyl (C=O) groups is 2. The van der Waals surface area contributed by atoms with Gasteiger partial charge in [0.1, 0.15) is 0 Å². The summed E-state index contributed by atoms with van der Waals surface area (Å²) in [5.41, 5.74) is 0.927. The van der Waals surface area contributed by atoms with Gasteiger partial charge in [-0.25, -0.2) is 0 Å². The molecule has 0 spiro atoms. The van der Waals surface area contributed by atoms with Crippen LogP contribution in [0.2, 0.25) is 0 Å². The number of rotatable bonds is 4. The van der Waals surface area contributed by atoms with Gasteiger partial charge in [-0.2, -0.15) is 5.26 Å². The van der Waals surface area contributed by atoms with Gasteiger partial charge in [0.25, 0.3) is 0 Å². The summed E-state index contributed by atoms with van der Waals surface area (Å²) in [5, 5.41) is 11.2. The van der Waals surface area contributed by atoms with Crippen LogP contribution >= 0.6 is 0 Å². The molecule has 1 aromatic carbocycles. The Balaban J connectivity index is 2.54. The third-order valence-electron chi connectivity index (χ3n) is 2.11. The summed E-state index contributed by atoms with van der Waals surface area (Å²) in [6.45, 7) is 1.56. The molecule has 0 saturated heterocycles. The van der Waals surface area contributed by atoms with Gasteiger partial charge in [-0.1, -0.05) is 30.3 Å². The minimum absolute atomic E-state index is 0.325. The zero-order valence-electron chi connectivity index (χ0n) is 8.93. The zero-order chi connectivity index (χ0) is 12.0. The summed E-state index contributed by atoms with van der Waals surface area (Å²) in [5.74, 6) is -2.18. The van der Waals surface area contributed by atoms with Crippen LogP contribution in [0.25, 0.3) is 0 Å². The van der Waals surface area contributed by atoms with E-state index >= 15 is 0 Å². The molecule has 1 rings (SSSR count). The van der Waals surface area contributed by atoms with Crippen LogP contribution in [-0.2, 0) is 16.1 Å². The van der Waals surface area contributed by atoms with Gasteiger partial charge in [0, 0.05) is 6.54 Å². The molecule has 1 unspecified atom stereocenters. The van der Waals surface area contributed by atoms with Gasteiger partial charge in [-0.05, 0) is 12.5 Å². The lowest BCUT2D eigenvalue weighted by Gasteiger charge is -2.07. The molecule has 82 valence electrons. The van der Waals surface area contributed by atoms with E-state index in [9.17, 15) is 9.59 Å². The van der Waals surface area contributed by atoms with E-state index in [1.165, 1.54) is 6.92 Å². The first-order valence-electron chi connectivity index (χ1n) is 4.87. The van der Waals surface area contributed by atoms with Gasteiger partial charge < -0.3 is 5.32 Å². The Hall–Kier alpha value is -2.15. The predicted octanol–water partition coefficient (Wildman–Crippen LogP) is 1.03. The quantitative estimate of drug-likeness (QED) is 0.764. The molecule has 0 saturated carbocycles. The van der Waals surface area contributed by atoms with Crippen molar-refractivity contribution in [2.75, 3.05) is 0 Å². The van der Waals surface area contributed by atoms with Gasteiger partial charge in [0.05, 0.1) is 6.07 Å². The highest BCUT2D eigenvalue weighted by molar-refractivity contribution is 6.02. The van der Waals surface area contributed by atoms with Crippen LogP contribution in [0.3, 0.4) is 0 Å². The highest BCUT2D eigenvalue weighted by Crippen LogP contribution is 2.00. The van der Waals surface area contributed by atoms with Crippen LogP contribution in [0.5, 0.6) is 0 Å². The maximum Gasteiger partial charge on any atom is 0.245 e. The molecule has 1 aromatic rings. The van der Waals surface area contributed by atoms with Crippen molar-refractivity contribution < 1.29 is 9.59 Å². The molecule has 1 N–H and O–H groups in total. The topological polar surface area (TPSA) is 70.0 Å². The lowest BCUT2D eigenvalue weighted by Crippen LogP contribution is -2.33. The number of ketones is 1. The molecule has 1 amide bonds. The summed E-state index contributed by atoms with van der Waals surface area (Å²) in [7, 11) is 0. The summed E-state index contributed by atoms with van der Waals surface area (Å²) in [6.07, 6.45) is 0. The van der Waals surface area contributed by atoms with E-state index < -0.39 is 17.6 Å². The van der Waals surface area contributed by atoms with Crippen molar-refractivity contribution in [2.45, 2.75) is 13.5 Å². The van der Waals surface area contributed by atoms with Crippen molar-refractivity contribution in [3.05, 3.63) is 35.9 Å². The molecule has 1 atom stereocenters. The van der Waals surface area contributed by atoms with Crippen LogP contribution in [0, 0.1) is 17.2 Å². The molecule has 0 bridgehead atoms. The third kappa shape index (κ3) is 3.21. The number of hydrogen-bond acceptors (Lipinski definition) is 3.